The first-order valence-electron chi connectivity index (χ1n) is 7.00. The van der Waals surface area contributed by atoms with E-state index in [9.17, 15) is 9.90 Å². The minimum atomic E-state index is -0.875. The van der Waals surface area contributed by atoms with Crippen molar-refractivity contribution in [3.63, 3.8) is 0 Å². The molecule has 0 saturated heterocycles. The van der Waals surface area contributed by atoms with Gasteiger partial charge in [0.15, 0.2) is 0 Å². The van der Waals surface area contributed by atoms with Crippen LogP contribution >= 0.6 is 22.9 Å². The van der Waals surface area contributed by atoms with Crippen molar-refractivity contribution < 1.29 is 9.90 Å². The summed E-state index contributed by atoms with van der Waals surface area (Å²) in [6.07, 6.45) is -0.0814. The van der Waals surface area contributed by atoms with Gasteiger partial charge in [0.1, 0.15) is 5.01 Å². The van der Waals surface area contributed by atoms with Crippen molar-refractivity contribution in [3.05, 3.63) is 39.9 Å². The molecule has 1 aromatic heterocycles. The summed E-state index contributed by atoms with van der Waals surface area (Å²) in [6, 6.07) is 6.76. The quantitative estimate of drug-likeness (QED) is 0.845. The predicted molar refractivity (Wildman–Crippen MR) is 88.1 cm³/mol. The third-order valence-electron chi connectivity index (χ3n) is 2.93. The van der Waals surface area contributed by atoms with Gasteiger partial charge in [0, 0.05) is 11.4 Å². The van der Waals surface area contributed by atoms with E-state index in [1.165, 1.54) is 11.3 Å². The zero-order valence-corrected chi connectivity index (χ0v) is 14.0. The lowest BCUT2D eigenvalue weighted by Crippen LogP contribution is -2.15. The topological polar surface area (TPSA) is 75.1 Å². The molecule has 0 aliphatic rings. The Kier molecular flexibility index (Phi) is 5.88. The number of hydrogen-bond donors (Lipinski definition) is 2. The van der Waals surface area contributed by atoms with Gasteiger partial charge < -0.3 is 10.4 Å². The van der Waals surface area contributed by atoms with Crippen molar-refractivity contribution in [2.45, 2.75) is 32.8 Å². The third-order valence-corrected chi connectivity index (χ3v) is 4.04. The van der Waals surface area contributed by atoms with Crippen LogP contribution in [0, 0.1) is 5.92 Å². The van der Waals surface area contributed by atoms with E-state index in [-0.39, 0.29) is 12.3 Å². The maximum atomic E-state index is 11.9. The lowest BCUT2D eigenvalue weighted by atomic mass is 10.1. The number of aliphatic hydroxyl groups is 1. The second-order valence-electron chi connectivity index (χ2n) is 5.42. The highest BCUT2D eigenvalue weighted by atomic mass is 35.5. The Bertz CT molecular complexity index is 628. The standard InChI is InChI=1S/C15H18ClN3O2S/c1-9(2)7-14-18-19-15(22-14)17-13(21)8-12(20)10-3-5-11(16)6-4-10/h3-6,9,12,20H,7-8H2,1-2H3,(H,17,19,21). The fraction of sp³-hybridized carbons (Fsp3) is 0.400. The summed E-state index contributed by atoms with van der Waals surface area (Å²) in [6.45, 7) is 4.20. The predicted octanol–water partition coefficient (Wildman–Crippen LogP) is 3.45. The van der Waals surface area contributed by atoms with E-state index in [2.05, 4.69) is 29.4 Å². The second-order valence-corrected chi connectivity index (χ2v) is 6.92. The summed E-state index contributed by atoms with van der Waals surface area (Å²) in [7, 11) is 0. The number of hydrogen-bond acceptors (Lipinski definition) is 5. The number of carbonyl (C=O) groups excluding carboxylic acids is 1. The second kappa shape index (κ2) is 7.67. The number of rotatable bonds is 6. The molecule has 1 atom stereocenters. The number of nitrogens with zero attached hydrogens (tertiary/aromatic N) is 2. The zero-order chi connectivity index (χ0) is 16.1. The Balaban J connectivity index is 1.89. The number of aromatic nitrogens is 2. The van der Waals surface area contributed by atoms with Gasteiger partial charge in [-0.2, -0.15) is 0 Å². The Morgan fingerprint density at radius 1 is 1.32 bits per heavy atom. The molecule has 1 amide bonds. The highest BCUT2D eigenvalue weighted by molar-refractivity contribution is 7.15. The highest BCUT2D eigenvalue weighted by Crippen LogP contribution is 2.21. The van der Waals surface area contributed by atoms with Crippen LogP contribution in [0.1, 0.15) is 36.9 Å². The van der Waals surface area contributed by atoms with E-state index in [4.69, 9.17) is 11.6 Å². The van der Waals surface area contributed by atoms with Crippen LogP contribution < -0.4 is 5.32 Å². The van der Waals surface area contributed by atoms with E-state index in [1.54, 1.807) is 24.3 Å². The van der Waals surface area contributed by atoms with Crippen LogP contribution in [0.2, 0.25) is 5.02 Å². The lowest BCUT2D eigenvalue weighted by Gasteiger charge is -2.10. The lowest BCUT2D eigenvalue weighted by molar-refractivity contribution is -0.118. The monoisotopic (exact) mass is 339 g/mol. The average Bonchev–Trinajstić information content (AvgIpc) is 2.85. The minimum Gasteiger partial charge on any atom is -0.388 e. The molecule has 0 aliphatic carbocycles. The molecule has 0 radical (unpaired) electrons. The van der Waals surface area contributed by atoms with Crippen LogP contribution in [-0.2, 0) is 11.2 Å². The smallest absolute Gasteiger partial charge is 0.229 e. The van der Waals surface area contributed by atoms with E-state index in [0.29, 0.717) is 21.6 Å². The third kappa shape index (κ3) is 5.05. The molecule has 7 heteroatoms. The van der Waals surface area contributed by atoms with Gasteiger partial charge in [-0.25, -0.2) is 0 Å². The van der Waals surface area contributed by atoms with Gasteiger partial charge in [-0.15, -0.1) is 10.2 Å². The number of carbonyl (C=O) groups is 1. The van der Waals surface area contributed by atoms with Crippen molar-refractivity contribution in [3.8, 4) is 0 Å². The summed E-state index contributed by atoms with van der Waals surface area (Å²) in [5, 5.41) is 22.6. The molecular weight excluding hydrogens is 322 g/mol. The van der Waals surface area contributed by atoms with Gasteiger partial charge in [-0.05, 0) is 23.6 Å². The molecule has 0 bridgehead atoms. The SMILES string of the molecule is CC(C)Cc1nnc(NC(=O)CC(O)c2ccc(Cl)cc2)s1. The van der Waals surface area contributed by atoms with Crippen LogP contribution in [-0.4, -0.2) is 21.2 Å². The molecular formula is C15H18ClN3O2S. The Labute approximate surface area is 138 Å². The van der Waals surface area contributed by atoms with E-state index >= 15 is 0 Å². The van der Waals surface area contributed by atoms with E-state index in [1.807, 2.05) is 0 Å². The Morgan fingerprint density at radius 2 is 2.00 bits per heavy atom. The Hall–Kier alpha value is -1.50. The Morgan fingerprint density at radius 3 is 2.64 bits per heavy atom. The molecule has 1 heterocycles. The molecule has 22 heavy (non-hydrogen) atoms. The fourth-order valence-electron chi connectivity index (χ4n) is 1.88. The van der Waals surface area contributed by atoms with Crippen LogP contribution in [0.15, 0.2) is 24.3 Å². The van der Waals surface area contributed by atoms with Crippen molar-refractivity contribution in [1.82, 2.24) is 10.2 Å². The summed E-state index contributed by atoms with van der Waals surface area (Å²) >= 11 is 7.15. The zero-order valence-electron chi connectivity index (χ0n) is 12.4. The summed E-state index contributed by atoms with van der Waals surface area (Å²) < 4.78 is 0. The molecule has 0 aliphatic heterocycles. The van der Waals surface area contributed by atoms with Crippen LogP contribution in [0.5, 0.6) is 0 Å². The number of halogens is 1. The van der Waals surface area contributed by atoms with Crippen molar-refractivity contribution in [2.75, 3.05) is 5.32 Å². The molecule has 0 spiro atoms. The molecule has 2 rings (SSSR count). The number of amides is 1. The number of nitrogens with one attached hydrogen (secondary N) is 1. The summed E-state index contributed by atoms with van der Waals surface area (Å²) in [4.78, 5) is 11.9. The largest absolute Gasteiger partial charge is 0.388 e. The van der Waals surface area contributed by atoms with Gasteiger partial charge in [-0.1, -0.05) is 48.9 Å². The van der Waals surface area contributed by atoms with Crippen molar-refractivity contribution in [1.29, 1.82) is 0 Å². The first-order chi connectivity index (χ1) is 10.4. The normalized spacial score (nSPS) is 12.4. The molecule has 0 saturated carbocycles. The molecule has 1 unspecified atom stereocenters. The number of aliphatic hydroxyl groups excluding tert-OH is 1. The van der Waals surface area contributed by atoms with Gasteiger partial charge >= 0.3 is 0 Å². The minimum absolute atomic E-state index is 0.0409. The summed E-state index contributed by atoms with van der Waals surface area (Å²) in [5.74, 6) is 0.193. The van der Waals surface area contributed by atoms with Gasteiger partial charge in [0.25, 0.3) is 0 Å². The maximum Gasteiger partial charge on any atom is 0.229 e. The molecule has 118 valence electrons. The first-order valence-corrected chi connectivity index (χ1v) is 8.19. The molecule has 2 aromatic rings. The van der Waals surface area contributed by atoms with E-state index < -0.39 is 6.10 Å². The van der Waals surface area contributed by atoms with Crippen LogP contribution in [0.25, 0.3) is 0 Å². The molecule has 1 aromatic carbocycles. The first kappa shape index (κ1) is 16.9. The number of anilines is 1. The summed E-state index contributed by atoms with van der Waals surface area (Å²) in [5.41, 5.74) is 0.650. The maximum absolute atomic E-state index is 11.9. The van der Waals surface area contributed by atoms with Gasteiger partial charge in [0.05, 0.1) is 12.5 Å². The molecule has 5 nitrogen and oxygen atoms in total. The highest BCUT2D eigenvalue weighted by Gasteiger charge is 2.15. The number of benzene rings is 1. The average molecular weight is 340 g/mol. The van der Waals surface area contributed by atoms with Crippen molar-refractivity contribution >= 4 is 34.0 Å². The fourth-order valence-corrected chi connectivity index (χ4v) is 2.98. The van der Waals surface area contributed by atoms with Gasteiger partial charge in [0.2, 0.25) is 11.0 Å². The van der Waals surface area contributed by atoms with E-state index in [0.717, 1.165) is 11.4 Å². The van der Waals surface area contributed by atoms with Crippen LogP contribution in [0.4, 0.5) is 5.13 Å². The molecule has 0 fully saturated rings. The van der Waals surface area contributed by atoms with Gasteiger partial charge in [-0.3, -0.25) is 4.79 Å². The molecule has 2 N–H and O–H groups in total. The van der Waals surface area contributed by atoms with Crippen molar-refractivity contribution in [2.24, 2.45) is 5.92 Å². The van der Waals surface area contributed by atoms with Crippen LogP contribution in [0.3, 0.4) is 0 Å².